The SMILES string of the molecule is O=C1c2cccc3c(S(=O)(=O)NCc4ccc(F)cc4)ccc(c23)C(=O)N1CCN1CCCC1. The summed E-state index contributed by atoms with van der Waals surface area (Å²) >= 11 is 0. The molecule has 2 amide bonds. The number of carbonyl (C=O) groups excluding carboxylic acids is 2. The lowest BCUT2D eigenvalue weighted by Crippen LogP contribution is -2.44. The van der Waals surface area contributed by atoms with Crippen LogP contribution < -0.4 is 4.72 Å². The molecule has 0 radical (unpaired) electrons. The minimum absolute atomic E-state index is 0.0127. The van der Waals surface area contributed by atoms with Crippen LogP contribution in [0.5, 0.6) is 0 Å². The Kier molecular flexibility index (Phi) is 5.93. The van der Waals surface area contributed by atoms with E-state index in [1.807, 2.05) is 0 Å². The zero-order valence-corrected chi connectivity index (χ0v) is 19.3. The molecule has 2 heterocycles. The Labute approximate surface area is 197 Å². The first-order chi connectivity index (χ1) is 16.3. The van der Waals surface area contributed by atoms with Gasteiger partial charge in [0.05, 0.1) is 4.90 Å². The standard InChI is InChI=1S/C25H24FN3O4S/c26-18-8-6-17(7-9-18)16-27-34(32,33)22-11-10-21-23-19(22)4-3-5-20(23)24(30)29(25(21)31)15-14-28-12-1-2-13-28/h3-11,27H,1-2,12-16H2. The molecule has 1 saturated heterocycles. The smallest absolute Gasteiger partial charge is 0.261 e. The van der Waals surface area contributed by atoms with Crippen molar-refractivity contribution in [3.8, 4) is 0 Å². The second kappa shape index (κ2) is 8.90. The molecule has 7 nitrogen and oxygen atoms in total. The lowest BCUT2D eigenvalue weighted by molar-refractivity contribution is 0.0597. The van der Waals surface area contributed by atoms with Gasteiger partial charge in [0.15, 0.2) is 0 Å². The van der Waals surface area contributed by atoms with E-state index in [-0.39, 0.29) is 11.4 Å². The molecule has 0 saturated carbocycles. The van der Waals surface area contributed by atoms with E-state index in [0.717, 1.165) is 25.9 Å². The molecule has 1 fully saturated rings. The number of nitrogens with one attached hydrogen (secondary N) is 1. The van der Waals surface area contributed by atoms with Gasteiger partial charge in [0.2, 0.25) is 10.0 Å². The van der Waals surface area contributed by atoms with E-state index in [2.05, 4.69) is 9.62 Å². The first-order valence-electron chi connectivity index (χ1n) is 11.2. The molecule has 2 aliphatic rings. The molecular weight excluding hydrogens is 457 g/mol. The number of nitrogens with zero attached hydrogens (tertiary/aromatic N) is 2. The van der Waals surface area contributed by atoms with E-state index in [1.54, 1.807) is 18.2 Å². The van der Waals surface area contributed by atoms with Crippen LogP contribution in [0.25, 0.3) is 10.8 Å². The maximum Gasteiger partial charge on any atom is 0.261 e. The Morgan fingerprint density at radius 1 is 0.853 bits per heavy atom. The molecule has 5 rings (SSSR count). The summed E-state index contributed by atoms with van der Waals surface area (Å²) in [5, 5.41) is 0.682. The topological polar surface area (TPSA) is 86.8 Å². The van der Waals surface area contributed by atoms with Crippen LogP contribution in [-0.2, 0) is 16.6 Å². The number of likely N-dealkylation sites (tertiary alicyclic amines) is 1. The molecular formula is C25H24FN3O4S. The van der Waals surface area contributed by atoms with Gasteiger partial charge in [-0.3, -0.25) is 14.5 Å². The summed E-state index contributed by atoms with van der Waals surface area (Å²) < 4.78 is 41.9. The zero-order valence-electron chi connectivity index (χ0n) is 18.5. The van der Waals surface area contributed by atoms with Gasteiger partial charge < -0.3 is 4.90 Å². The third-order valence-corrected chi connectivity index (χ3v) is 7.92. The minimum atomic E-state index is -3.97. The maximum absolute atomic E-state index is 13.2. The van der Waals surface area contributed by atoms with Gasteiger partial charge in [0, 0.05) is 41.5 Å². The van der Waals surface area contributed by atoms with Crippen molar-refractivity contribution in [2.24, 2.45) is 0 Å². The number of rotatable bonds is 7. The largest absolute Gasteiger partial charge is 0.302 e. The summed E-state index contributed by atoms with van der Waals surface area (Å²) in [5.74, 6) is -1.22. The fourth-order valence-corrected chi connectivity index (χ4v) is 5.88. The number of sulfonamides is 1. The molecule has 3 aromatic carbocycles. The Morgan fingerprint density at radius 3 is 2.24 bits per heavy atom. The molecule has 0 spiro atoms. The van der Waals surface area contributed by atoms with Crippen molar-refractivity contribution in [2.45, 2.75) is 24.3 Å². The summed E-state index contributed by atoms with van der Waals surface area (Å²) in [6.07, 6.45) is 2.24. The average Bonchev–Trinajstić information content (AvgIpc) is 3.35. The van der Waals surface area contributed by atoms with E-state index in [1.165, 1.54) is 41.3 Å². The summed E-state index contributed by atoms with van der Waals surface area (Å²) in [6.45, 7) is 2.84. The Balaban J connectivity index is 1.46. The highest BCUT2D eigenvalue weighted by Crippen LogP contribution is 2.34. The monoisotopic (exact) mass is 481 g/mol. The fraction of sp³-hybridized carbons (Fsp3) is 0.280. The molecule has 0 unspecified atom stereocenters. The van der Waals surface area contributed by atoms with Crippen molar-refractivity contribution in [1.29, 1.82) is 0 Å². The van der Waals surface area contributed by atoms with Gasteiger partial charge in [-0.05, 0) is 61.8 Å². The summed E-state index contributed by atoms with van der Waals surface area (Å²) in [7, 11) is -3.97. The molecule has 0 aromatic heterocycles. The third kappa shape index (κ3) is 4.11. The molecule has 9 heteroatoms. The molecule has 0 atom stereocenters. The van der Waals surface area contributed by atoms with Crippen molar-refractivity contribution < 1.29 is 22.4 Å². The predicted octanol–water partition coefficient (Wildman–Crippen LogP) is 3.15. The number of hydrogen-bond acceptors (Lipinski definition) is 5. The predicted molar refractivity (Wildman–Crippen MR) is 125 cm³/mol. The van der Waals surface area contributed by atoms with Crippen LogP contribution in [-0.4, -0.2) is 56.2 Å². The van der Waals surface area contributed by atoms with Crippen LogP contribution >= 0.6 is 0 Å². The second-order valence-corrected chi connectivity index (χ2v) is 10.3. The van der Waals surface area contributed by atoms with E-state index in [9.17, 15) is 22.4 Å². The maximum atomic E-state index is 13.2. The molecule has 0 bridgehead atoms. The van der Waals surface area contributed by atoms with Crippen LogP contribution in [0, 0.1) is 5.82 Å². The first kappa shape index (κ1) is 22.6. The van der Waals surface area contributed by atoms with Gasteiger partial charge >= 0.3 is 0 Å². The average molecular weight is 482 g/mol. The number of benzene rings is 3. The van der Waals surface area contributed by atoms with E-state index in [4.69, 9.17) is 0 Å². The summed E-state index contributed by atoms with van der Waals surface area (Å²) in [4.78, 5) is 29.9. The highest BCUT2D eigenvalue weighted by molar-refractivity contribution is 7.89. The van der Waals surface area contributed by atoms with Gasteiger partial charge in [0.25, 0.3) is 11.8 Å². The number of amides is 2. The molecule has 3 aromatic rings. The second-order valence-electron chi connectivity index (χ2n) is 8.60. The van der Waals surface area contributed by atoms with Crippen molar-refractivity contribution in [3.05, 3.63) is 77.1 Å². The quantitative estimate of drug-likeness (QED) is 0.524. The van der Waals surface area contributed by atoms with Crippen LogP contribution in [0.2, 0.25) is 0 Å². The van der Waals surface area contributed by atoms with Crippen molar-refractivity contribution in [3.63, 3.8) is 0 Å². The van der Waals surface area contributed by atoms with Gasteiger partial charge in [-0.2, -0.15) is 0 Å². The molecule has 0 aliphatic carbocycles. The van der Waals surface area contributed by atoms with Gasteiger partial charge in [-0.25, -0.2) is 17.5 Å². The van der Waals surface area contributed by atoms with Gasteiger partial charge in [-0.15, -0.1) is 0 Å². The first-order valence-corrected chi connectivity index (χ1v) is 12.7. The van der Waals surface area contributed by atoms with Crippen LogP contribution in [0.15, 0.2) is 59.5 Å². The zero-order chi connectivity index (χ0) is 23.9. The van der Waals surface area contributed by atoms with Crippen molar-refractivity contribution in [1.82, 2.24) is 14.5 Å². The highest BCUT2D eigenvalue weighted by atomic mass is 32.2. The molecule has 176 valence electrons. The van der Waals surface area contributed by atoms with E-state index < -0.39 is 27.7 Å². The Bertz CT molecular complexity index is 1360. The third-order valence-electron chi connectivity index (χ3n) is 6.46. The number of halogens is 1. The Hall–Kier alpha value is -3.14. The molecule has 1 N–H and O–H groups in total. The van der Waals surface area contributed by atoms with E-state index in [0.29, 0.717) is 40.6 Å². The van der Waals surface area contributed by atoms with Gasteiger partial charge in [0.1, 0.15) is 5.82 Å². The summed E-state index contributed by atoms with van der Waals surface area (Å²) in [5.41, 5.74) is 1.25. The van der Waals surface area contributed by atoms with Crippen molar-refractivity contribution >= 4 is 32.6 Å². The normalized spacial score (nSPS) is 16.6. The van der Waals surface area contributed by atoms with Gasteiger partial charge in [-0.1, -0.05) is 24.3 Å². The van der Waals surface area contributed by atoms with E-state index >= 15 is 0 Å². The number of hydrogen-bond donors (Lipinski definition) is 1. The Morgan fingerprint density at radius 2 is 1.53 bits per heavy atom. The molecule has 2 aliphatic heterocycles. The van der Waals surface area contributed by atoms with Crippen LogP contribution in [0.3, 0.4) is 0 Å². The van der Waals surface area contributed by atoms with Crippen LogP contribution in [0.4, 0.5) is 4.39 Å². The minimum Gasteiger partial charge on any atom is -0.302 e. The van der Waals surface area contributed by atoms with Crippen LogP contribution in [0.1, 0.15) is 39.1 Å². The van der Waals surface area contributed by atoms with Crippen molar-refractivity contribution in [2.75, 3.05) is 26.2 Å². The highest BCUT2D eigenvalue weighted by Gasteiger charge is 2.34. The molecule has 34 heavy (non-hydrogen) atoms. The lowest BCUT2D eigenvalue weighted by atomic mass is 9.94. The number of carbonyl (C=O) groups is 2. The number of imide groups is 1. The summed E-state index contributed by atoms with van der Waals surface area (Å²) in [6, 6.07) is 13.3. The lowest BCUT2D eigenvalue weighted by Gasteiger charge is -2.29. The fourth-order valence-electron chi connectivity index (χ4n) is 4.66.